The third-order valence-corrected chi connectivity index (χ3v) is 3.95. The zero-order valence-corrected chi connectivity index (χ0v) is 11.9. The van der Waals surface area contributed by atoms with Crippen LogP contribution in [-0.2, 0) is 5.88 Å². The van der Waals surface area contributed by atoms with Crippen molar-refractivity contribution in [2.24, 2.45) is 0 Å². The largest absolute Gasteiger partial charge is 0.353 e. The highest BCUT2D eigenvalue weighted by Gasteiger charge is 2.20. The minimum absolute atomic E-state index is 0.426. The molecule has 0 spiro atoms. The Balaban J connectivity index is 1.92. The molecule has 4 nitrogen and oxygen atoms in total. The molecule has 0 aromatic carbocycles. The minimum Gasteiger partial charge on any atom is -0.353 e. The summed E-state index contributed by atoms with van der Waals surface area (Å²) in [6, 6.07) is 0.678. The standard InChI is InChI=1S/C13H21ClN4/c1-3-11(2)17-4-6-18(7-5-17)13-10-15-12(8-14)9-16-13/h9-11H,3-8H2,1-2H3. The van der Waals surface area contributed by atoms with E-state index in [1.807, 2.05) is 6.20 Å². The third-order valence-electron chi connectivity index (χ3n) is 3.68. The molecule has 2 heterocycles. The molecule has 1 aliphatic rings. The van der Waals surface area contributed by atoms with Crippen molar-refractivity contribution in [3.05, 3.63) is 18.1 Å². The van der Waals surface area contributed by atoms with Crippen LogP contribution >= 0.6 is 11.6 Å². The van der Waals surface area contributed by atoms with Gasteiger partial charge in [-0.3, -0.25) is 9.88 Å². The fourth-order valence-electron chi connectivity index (χ4n) is 2.23. The van der Waals surface area contributed by atoms with Gasteiger partial charge >= 0.3 is 0 Å². The Kier molecular flexibility index (Phi) is 4.78. The lowest BCUT2D eigenvalue weighted by molar-refractivity contribution is 0.192. The van der Waals surface area contributed by atoms with Gasteiger partial charge in [0.25, 0.3) is 0 Å². The molecular weight excluding hydrogens is 248 g/mol. The summed E-state index contributed by atoms with van der Waals surface area (Å²) in [5, 5.41) is 0. The number of nitrogens with zero attached hydrogens (tertiary/aromatic N) is 4. The molecule has 5 heteroatoms. The van der Waals surface area contributed by atoms with Crippen LogP contribution in [0.2, 0.25) is 0 Å². The zero-order chi connectivity index (χ0) is 13.0. The summed E-state index contributed by atoms with van der Waals surface area (Å²) in [6.45, 7) is 8.80. The van der Waals surface area contributed by atoms with Gasteiger partial charge in [0, 0.05) is 32.2 Å². The van der Waals surface area contributed by atoms with E-state index < -0.39 is 0 Å². The average Bonchev–Trinajstić information content (AvgIpc) is 2.47. The molecule has 0 saturated carbocycles. The Labute approximate surface area is 114 Å². The van der Waals surface area contributed by atoms with Crippen molar-refractivity contribution in [1.82, 2.24) is 14.9 Å². The van der Waals surface area contributed by atoms with E-state index in [0.29, 0.717) is 11.9 Å². The van der Waals surface area contributed by atoms with Crippen LogP contribution in [0.1, 0.15) is 26.0 Å². The highest BCUT2D eigenvalue weighted by Crippen LogP contribution is 2.15. The minimum atomic E-state index is 0.426. The van der Waals surface area contributed by atoms with E-state index in [-0.39, 0.29) is 0 Å². The molecule has 0 amide bonds. The van der Waals surface area contributed by atoms with Gasteiger partial charge in [-0.25, -0.2) is 4.98 Å². The number of hydrogen-bond donors (Lipinski definition) is 0. The third kappa shape index (κ3) is 3.12. The molecule has 1 aromatic heterocycles. The van der Waals surface area contributed by atoms with E-state index in [0.717, 1.165) is 37.7 Å². The summed E-state index contributed by atoms with van der Waals surface area (Å²) in [5.41, 5.74) is 0.832. The van der Waals surface area contributed by atoms with Crippen molar-refractivity contribution in [3.63, 3.8) is 0 Å². The van der Waals surface area contributed by atoms with Gasteiger partial charge in [0.15, 0.2) is 0 Å². The van der Waals surface area contributed by atoms with E-state index in [2.05, 4.69) is 33.6 Å². The van der Waals surface area contributed by atoms with E-state index in [4.69, 9.17) is 11.6 Å². The quantitative estimate of drug-likeness (QED) is 0.783. The molecule has 100 valence electrons. The molecular formula is C13H21ClN4. The van der Waals surface area contributed by atoms with Crippen LogP contribution in [0, 0.1) is 0 Å². The lowest BCUT2D eigenvalue weighted by Crippen LogP contribution is -2.49. The van der Waals surface area contributed by atoms with Crippen molar-refractivity contribution >= 4 is 17.4 Å². The van der Waals surface area contributed by atoms with Crippen LogP contribution in [0.15, 0.2) is 12.4 Å². The Morgan fingerprint density at radius 3 is 2.44 bits per heavy atom. The first-order valence-corrected chi connectivity index (χ1v) is 7.14. The van der Waals surface area contributed by atoms with E-state index >= 15 is 0 Å². The summed E-state index contributed by atoms with van der Waals surface area (Å²) in [5.74, 6) is 1.39. The smallest absolute Gasteiger partial charge is 0.147 e. The van der Waals surface area contributed by atoms with E-state index in [9.17, 15) is 0 Å². The fourth-order valence-corrected chi connectivity index (χ4v) is 2.37. The maximum atomic E-state index is 5.71. The maximum absolute atomic E-state index is 5.71. The highest BCUT2D eigenvalue weighted by molar-refractivity contribution is 6.16. The summed E-state index contributed by atoms with van der Waals surface area (Å²) < 4.78 is 0. The van der Waals surface area contributed by atoms with Crippen molar-refractivity contribution in [2.75, 3.05) is 31.1 Å². The Bertz CT molecular complexity index is 360. The normalized spacial score (nSPS) is 18.9. The van der Waals surface area contributed by atoms with Gasteiger partial charge in [-0.05, 0) is 13.3 Å². The second-order valence-electron chi connectivity index (χ2n) is 4.78. The monoisotopic (exact) mass is 268 g/mol. The van der Waals surface area contributed by atoms with Crippen LogP contribution in [0.25, 0.3) is 0 Å². The molecule has 1 fully saturated rings. The number of aromatic nitrogens is 2. The predicted octanol–water partition coefficient (Wildman–Crippen LogP) is 2.14. The molecule has 1 saturated heterocycles. The molecule has 1 aromatic rings. The first-order chi connectivity index (χ1) is 8.74. The lowest BCUT2D eigenvalue weighted by atomic mass is 10.2. The highest BCUT2D eigenvalue weighted by atomic mass is 35.5. The topological polar surface area (TPSA) is 32.3 Å². The molecule has 1 unspecified atom stereocenters. The maximum Gasteiger partial charge on any atom is 0.147 e. The first-order valence-electron chi connectivity index (χ1n) is 6.60. The Hall–Kier alpha value is -0.870. The average molecular weight is 269 g/mol. The van der Waals surface area contributed by atoms with Crippen molar-refractivity contribution in [1.29, 1.82) is 0 Å². The van der Waals surface area contributed by atoms with Crippen molar-refractivity contribution in [2.45, 2.75) is 32.2 Å². The fraction of sp³-hybridized carbons (Fsp3) is 0.692. The van der Waals surface area contributed by atoms with Gasteiger partial charge in [-0.2, -0.15) is 0 Å². The number of halogens is 1. The second kappa shape index (κ2) is 6.34. The van der Waals surface area contributed by atoms with Gasteiger partial charge < -0.3 is 4.90 Å². The first kappa shape index (κ1) is 13.6. The second-order valence-corrected chi connectivity index (χ2v) is 5.05. The summed E-state index contributed by atoms with van der Waals surface area (Å²) in [6.07, 6.45) is 4.81. The number of alkyl halides is 1. The lowest BCUT2D eigenvalue weighted by Gasteiger charge is -2.38. The number of piperazine rings is 1. The van der Waals surface area contributed by atoms with E-state index in [1.54, 1.807) is 6.20 Å². The van der Waals surface area contributed by atoms with Crippen LogP contribution in [-0.4, -0.2) is 47.1 Å². The van der Waals surface area contributed by atoms with Crippen molar-refractivity contribution < 1.29 is 0 Å². The van der Waals surface area contributed by atoms with Gasteiger partial charge in [-0.1, -0.05) is 6.92 Å². The van der Waals surface area contributed by atoms with Gasteiger partial charge in [0.2, 0.25) is 0 Å². The molecule has 2 rings (SSSR count). The summed E-state index contributed by atoms with van der Waals surface area (Å²) >= 11 is 5.71. The van der Waals surface area contributed by atoms with Crippen LogP contribution in [0.5, 0.6) is 0 Å². The van der Waals surface area contributed by atoms with E-state index in [1.165, 1.54) is 6.42 Å². The molecule has 1 atom stereocenters. The van der Waals surface area contributed by atoms with Crippen molar-refractivity contribution in [3.8, 4) is 0 Å². The van der Waals surface area contributed by atoms with Crippen LogP contribution in [0.3, 0.4) is 0 Å². The predicted molar refractivity (Wildman–Crippen MR) is 75.1 cm³/mol. The number of rotatable bonds is 4. The zero-order valence-electron chi connectivity index (χ0n) is 11.1. The molecule has 0 bridgehead atoms. The van der Waals surface area contributed by atoms with Crippen LogP contribution in [0.4, 0.5) is 5.82 Å². The Morgan fingerprint density at radius 2 is 1.94 bits per heavy atom. The Morgan fingerprint density at radius 1 is 1.22 bits per heavy atom. The number of anilines is 1. The molecule has 0 aliphatic carbocycles. The molecule has 18 heavy (non-hydrogen) atoms. The van der Waals surface area contributed by atoms with Gasteiger partial charge in [-0.15, -0.1) is 11.6 Å². The molecule has 0 N–H and O–H groups in total. The van der Waals surface area contributed by atoms with Gasteiger partial charge in [0.1, 0.15) is 5.82 Å². The summed E-state index contributed by atoms with van der Waals surface area (Å²) in [4.78, 5) is 13.6. The SMILES string of the molecule is CCC(C)N1CCN(c2cnc(CCl)cn2)CC1. The molecule has 1 aliphatic heterocycles. The van der Waals surface area contributed by atoms with Crippen LogP contribution < -0.4 is 4.90 Å². The molecule has 0 radical (unpaired) electrons. The number of hydrogen-bond acceptors (Lipinski definition) is 4. The van der Waals surface area contributed by atoms with Gasteiger partial charge in [0.05, 0.1) is 24.0 Å². The summed E-state index contributed by atoms with van der Waals surface area (Å²) in [7, 11) is 0.